The number of carbonyl (C=O) groups excluding carboxylic acids is 1. The Kier molecular flexibility index (Phi) is 3.43. The van der Waals surface area contributed by atoms with Gasteiger partial charge in [-0.25, -0.2) is 4.79 Å². The van der Waals surface area contributed by atoms with Gasteiger partial charge < -0.3 is 10.4 Å². The first-order valence-corrected chi connectivity index (χ1v) is 8.64. The van der Waals surface area contributed by atoms with Crippen molar-refractivity contribution in [2.75, 3.05) is 0 Å². The SMILES string of the molecule is O=C(NC(C(=O)O)C12CC3CC(CC(C3)C1)C2)c1ccccc1. The van der Waals surface area contributed by atoms with E-state index < -0.39 is 12.0 Å². The number of rotatable bonds is 4. The Morgan fingerprint density at radius 1 is 1.00 bits per heavy atom. The van der Waals surface area contributed by atoms with Gasteiger partial charge in [0, 0.05) is 11.0 Å². The zero-order valence-corrected chi connectivity index (χ0v) is 13.2. The van der Waals surface area contributed by atoms with Crippen molar-refractivity contribution in [3.8, 4) is 0 Å². The van der Waals surface area contributed by atoms with Crippen molar-refractivity contribution in [3.63, 3.8) is 0 Å². The Morgan fingerprint density at radius 2 is 1.52 bits per heavy atom. The van der Waals surface area contributed by atoms with Crippen LogP contribution in [0.1, 0.15) is 48.9 Å². The van der Waals surface area contributed by atoms with Crippen LogP contribution in [-0.2, 0) is 4.79 Å². The van der Waals surface area contributed by atoms with Crippen LogP contribution in [0.4, 0.5) is 0 Å². The Bertz CT molecular complexity index is 589. The Hall–Kier alpha value is -1.84. The molecule has 4 aliphatic rings. The van der Waals surface area contributed by atoms with Crippen LogP contribution in [0, 0.1) is 23.2 Å². The van der Waals surface area contributed by atoms with Crippen molar-refractivity contribution in [1.29, 1.82) is 0 Å². The van der Waals surface area contributed by atoms with Gasteiger partial charge in [0.05, 0.1) is 0 Å². The van der Waals surface area contributed by atoms with E-state index in [1.54, 1.807) is 24.3 Å². The Morgan fingerprint density at radius 3 is 2.00 bits per heavy atom. The highest BCUT2D eigenvalue weighted by Gasteiger charge is 2.56. The Balaban J connectivity index is 1.59. The monoisotopic (exact) mass is 313 g/mol. The number of aliphatic carboxylic acids is 1. The van der Waals surface area contributed by atoms with Gasteiger partial charge in [-0.1, -0.05) is 18.2 Å². The molecule has 4 fully saturated rings. The molecule has 4 aliphatic carbocycles. The van der Waals surface area contributed by atoms with Crippen molar-refractivity contribution in [3.05, 3.63) is 35.9 Å². The highest BCUT2D eigenvalue weighted by atomic mass is 16.4. The number of hydrogen-bond acceptors (Lipinski definition) is 2. The fraction of sp³-hybridized carbons (Fsp3) is 0.579. The first kappa shape index (κ1) is 14.7. The van der Waals surface area contributed by atoms with Crippen LogP contribution in [0.25, 0.3) is 0 Å². The molecule has 0 heterocycles. The van der Waals surface area contributed by atoms with Gasteiger partial charge in [0.15, 0.2) is 0 Å². The van der Waals surface area contributed by atoms with E-state index in [9.17, 15) is 14.7 Å². The molecule has 2 N–H and O–H groups in total. The number of carboxylic acid groups (broad SMARTS) is 1. The Labute approximate surface area is 136 Å². The van der Waals surface area contributed by atoms with Crippen LogP contribution in [0.5, 0.6) is 0 Å². The molecule has 1 aromatic carbocycles. The predicted octanol–water partition coefficient (Wildman–Crippen LogP) is 3.09. The van der Waals surface area contributed by atoms with Gasteiger partial charge in [0.2, 0.25) is 0 Å². The summed E-state index contributed by atoms with van der Waals surface area (Å²) in [6, 6.07) is 8.15. The molecular formula is C19H23NO3. The molecule has 1 unspecified atom stereocenters. The standard InChI is InChI=1S/C19H23NO3/c21-17(15-4-2-1-3-5-15)20-16(18(22)23)19-9-12-6-13(10-19)8-14(7-12)11-19/h1-5,12-14,16H,6-11H2,(H,20,21)(H,22,23). The van der Waals surface area contributed by atoms with Crippen LogP contribution < -0.4 is 5.32 Å². The predicted molar refractivity (Wildman–Crippen MR) is 85.9 cm³/mol. The van der Waals surface area contributed by atoms with E-state index in [2.05, 4.69) is 5.32 Å². The summed E-state index contributed by atoms with van der Waals surface area (Å²) < 4.78 is 0. The van der Waals surface area contributed by atoms with Crippen molar-refractivity contribution in [2.45, 2.75) is 44.6 Å². The summed E-state index contributed by atoms with van der Waals surface area (Å²) in [5, 5.41) is 12.7. The first-order chi connectivity index (χ1) is 11.1. The second kappa shape index (κ2) is 5.36. The highest BCUT2D eigenvalue weighted by molar-refractivity contribution is 5.96. The molecule has 0 saturated heterocycles. The zero-order valence-electron chi connectivity index (χ0n) is 13.2. The summed E-state index contributed by atoms with van der Waals surface area (Å²) in [5.74, 6) is 0.843. The second-order valence-electron chi connectivity index (χ2n) is 7.89. The average Bonchev–Trinajstić information content (AvgIpc) is 2.51. The number of hydrogen-bond donors (Lipinski definition) is 2. The molecular weight excluding hydrogens is 290 g/mol. The van der Waals surface area contributed by atoms with Gasteiger partial charge in [-0.3, -0.25) is 4.79 Å². The lowest BCUT2D eigenvalue weighted by Crippen LogP contribution is -2.59. The van der Waals surface area contributed by atoms with Crippen LogP contribution in [-0.4, -0.2) is 23.0 Å². The van der Waals surface area contributed by atoms with E-state index in [1.165, 1.54) is 19.3 Å². The maximum atomic E-state index is 12.5. The van der Waals surface area contributed by atoms with Crippen molar-refractivity contribution in [1.82, 2.24) is 5.32 Å². The third kappa shape index (κ3) is 2.54. The van der Waals surface area contributed by atoms with E-state index in [1.807, 2.05) is 6.07 Å². The van der Waals surface area contributed by atoms with Gasteiger partial charge >= 0.3 is 5.97 Å². The van der Waals surface area contributed by atoms with Crippen molar-refractivity contribution < 1.29 is 14.7 Å². The third-order valence-electron chi connectivity index (χ3n) is 6.26. The van der Waals surface area contributed by atoms with E-state index in [0.29, 0.717) is 23.3 Å². The molecule has 4 nitrogen and oxygen atoms in total. The van der Waals surface area contributed by atoms with Crippen molar-refractivity contribution in [2.24, 2.45) is 23.2 Å². The minimum atomic E-state index is -0.878. The molecule has 0 aliphatic heterocycles. The summed E-state index contributed by atoms with van der Waals surface area (Å²) >= 11 is 0. The van der Waals surface area contributed by atoms with Crippen LogP contribution in [0.2, 0.25) is 0 Å². The average molecular weight is 313 g/mol. The molecule has 4 bridgehead atoms. The van der Waals surface area contributed by atoms with Gasteiger partial charge in [-0.05, 0) is 68.4 Å². The molecule has 23 heavy (non-hydrogen) atoms. The number of carbonyl (C=O) groups is 2. The molecule has 0 aromatic heterocycles. The molecule has 1 atom stereocenters. The molecule has 0 spiro atoms. The number of amides is 1. The minimum absolute atomic E-state index is 0.231. The highest BCUT2D eigenvalue weighted by Crippen LogP contribution is 2.61. The number of nitrogens with one attached hydrogen (secondary N) is 1. The lowest BCUT2D eigenvalue weighted by atomic mass is 9.47. The minimum Gasteiger partial charge on any atom is -0.480 e. The quantitative estimate of drug-likeness (QED) is 0.897. The molecule has 4 saturated carbocycles. The van der Waals surface area contributed by atoms with Gasteiger partial charge in [0.25, 0.3) is 5.91 Å². The van der Waals surface area contributed by atoms with Gasteiger partial charge in [-0.15, -0.1) is 0 Å². The molecule has 0 radical (unpaired) electrons. The van der Waals surface area contributed by atoms with Crippen LogP contribution >= 0.6 is 0 Å². The normalized spacial score (nSPS) is 35.7. The number of benzene rings is 1. The molecule has 4 heteroatoms. The topological polar surface area (TPSA) is 66.4 Å². The fourth-order valence-corrected chi connectivity index (χ4v) is 5.81. The zero-order chi connectivity index (χ0) is 16.0. The molecule has 5 rings (SSSR count). The van der Waals surface area contributed by atoms with Gasteiger partial charge in [-0.2, -0.15) is 0 Å². The fourth-order valence-electron chi connectivity index (χ4n) is 5.81. The van der Waals surface area contributed by atoms with Crippen LogP contribution in [0.3, 0.4) is 0 Å². The summed E-state index contributed by atoms with van der Waals surface area (Å²) in [5.41, 5.74) is 0.300. The van der Waals surface area contributed by atoms with Gasteiger partial charge in [0.1, 0.15) is 6.04 Å². The van der Waals surface area contributed by atoms with E-state index in [0.717, 1.165) is 19.3 Å². The van der Waals surface area contributed by atoms with E-state index in [4.69, 9.17) is 0 Å². The second-order valence-corrected chi connectivity index (χ2v) is 7.89. The van der Waals surface area contributed by atoms with E-state index in [-0.39, 0.29) is 11.3 Å². The van der Waals surface area contributed by atoms with Crippen LogP contribution in [0.15, 0.2) is 30.3 Å². The lowest BCUT2D eigenvalue weighted by molar-refractivity contribution is -0.150. The molecule has 1 aromatic rings. The first-order valence-electron chi connectivity index (χ1n) is 8.64. The van der Waals surface area contributed by atoms with Crippen molar-refractivity contribution >= 4 is 11.9 Å². The van der Waals surface area contributed by atoms with E-state index >= 15 is 0 Å². The molecule has 122 valence electrons. The maximum Gasteiger partial charge on any atom is 0.326 e. The largest absolute Gasteiger partial charge is 0.480 e. The lowest BCUT2D eigenvalue weighted by Gasteiger charge is -2.58. The number of carboxylic acids is 1. The summed E-state index contributed by atoms with van der Waals surface area (Å²) in [6.45, 7) is 0. The molecule has 1 amide bonds. The summed E-state index contributed by atoms with van der Waals surface area (Å²) in [7, 11) is 0. The summed E-state index contributed by atoms with van der Waals surface area (Å²) in [6.07, 6.45) is 6.68. The maximum absolute atomic E-state index is 12.5. The summed E-state index contributed by atoms with van der Waals surface area (Å²) in [4.78, 5) is 24.4. The third-order valence-corrected chi connectivity index (χ3v) is 6.26. The smallest absolute Gasteiger partial charge is 0.326 e.